The summed E-state index contributed by atoms with van der Waals surface area (Å²) in [5.41, 5.74) is 2.22. The first-order chi connectivity index (χ1) is 11.2. The van der Waals surface area contributed by atoms with E-state index in [2.05, 4.69) is 21.8 Å². The molecule has 1 aromatic carbocycles. The molecule has 0 fully saturated rings. The average molecular weight is 333 g/mol. The molecule has 2 aromatic rings. The lowest BCUT2D eigenvalue weighted by Crippen LogP contribution is -2.36. The molecule has 1 N–H and O–H groups in total. The summed E-state index contributed by atoms with van der Waals surface area (Å²) >= 11 is 1.37. The van der Waals surface area contributed by atoms with Crippen molar-refractivity contribution >= 4 is 11.8 Å². The van der Waals surface area contributed by atoms with Crippen LogP contribution in [0.3, 0.4) is 0 Å². The normalized spacial score (nSPS) is 14.7. The van der Waals surface area contributed by atoms with Crippen LogP contribution in [-0.4, -0.2) is 28.0 Å². The van der Waals surface area contributed by atoms with Gasteiger partial charge in [-0.05, 0) is 24.6 Å². The molecular weight excluding hydrogens is 313 g/mol. The lowest BCUT2D eigenvalue weighted by Gasteiger charge is -2.27. The highest BCUT2D eigenvalue weighted by atomic mass is 32.2. The number of fused-ring (bicyclic) bond motifs is 1. The van der Waals surface area contributed by atoms with E-state index in [-0.39, 0.29) is 11.4 Å². The minimum atomic E-state index is -0.226. The van der Waals surface area contributed by atoms with Crippen LogP contribution >= 0.6 is 11.8 Å². The van der Waals surface area contributed by atoms with E-state index in [0.717, 1.165) is 37.2 Å². The molecular formula is C17H20FN3OS. The van der Waals surface area contributed by atoms with Gasteiger partial charge < -0.3 is 4.98 Å². The topological polar surface area (TPSA) is 49.0 Å². The molecule has 0 atom stereocenters. The number of nitrogens with one attached hydrogen (secondary N) is 1. The largest absolute Gasteiger partial charge is 0.301 e. The molecule has 0 bridgehead atoms. The highest BCUT2D eigenvalue weighted by molar-refractivity contribution is 7.98. The van der Waals surface area contributed by atoms with E-state index in [9.17, 15) is 9.18 Å². The highest BCUT2D eigenvalue weighted by Gasteiger charge is 2.20. The van der Waals surface area contributed by atoms with Gasteiger partial charge in [-0.1, -0.05) is 36.9 Å². The minimum Gasteiger partial charge on any atom is -0.301 e. The Balaban J connectivity index is 1.75. The molecule has 0 spiro atoms. The first-order valence-electron chi connectivity index (χ1n) is 7.88. The van der Waals surface area contributed by atoms with Gasteiger partial charge in [0.1, 0.15) is 5.82 Å². The average Bonchev–Trinajstić information content (AvgIpc) is 2.55. The zero-order valence-corrected chi connectivity index (χ0v) is 14.0. The van der Waals surface area contributed by atoms with Crippen molar-refractivity contribution in [2.24, 2.45) is 0 Å². The third kappa shape index (κ3) is 3.82. The summed E-state index contributed by atoms with van der Waals surface area (Å²) in [4.78, 5) is 22.0. The van der Waals surface area contributed by atoms with Crippen molar-refractivity contribution in [1.29, 1.82) is 0 Å². The Labute approximate surface area is 139 Å². The second kappa shape index (κ2) is 7.27. The monoisotopic (exact) mass is 333 g/mol. The van der Waals surface area contributed by atoms with E-state index in [1.54, 1.807) is 12.1 Å². The molecule has 1 aromatic heterocycles. The molecule has 0 unspecified atom stereocenters. The lowest BCUT2D eigenvalue weighted by atomic mass is 10.1. The molecule has 0 radical (unpaired) electrons. The molecule has 1 aliphatic rings. The van der Waals surface area contributed by atoms with Crippen LogP contribution in [0.5, 0.6) is 0 Å². The zero-order valence-electron chi connectivity index (χ0n) is 13.1. The fraction of sp³-hybridized carbons (Fsp3) is 0.412. The highest BCUT2D eigenvalue weighted by Crippen LogP contribution is 2.22. The predicted octanol–water partition coefficient (Wildman–Crippen LogP) is 2.97. The third-order valence-corrected chi connectivity index (χ3v) is 4.91. The van der Waals surface area contributed by atoms with Gasteiger partial charge in [0.2, 0.25) is 0 Å². The van der Waals surface area contributed by atoms with E-state index in [1.165, 1.54) is 17.8 Å². The van der Waals surface area contributed by atoms with Gasteiger partial charge in [0, 0.05) is 25.3 Å². The zero-order chi connectivity index (χ0) is 16.2. The first kappa shape index (κ1) is 16.2. The van der Waals surface area contributed by atoms with E-state index in [1.807, 2.05) is 6.07 Å². The number of benzene rings is 1. The van der Waals surface area contributed by atoms with Crippen LogP contribution in [0.15, 0.2) is 34.2 Å². The molecule has 0 aliphatic carbocycles. The summed E-state index contributed by atoms with van der Waals surface area (Å²) in [5.74, 6) is 0.228. The Morgan fingerprint density at radius 1 is 1.39 bits per heavy atom. The number of aromatic amines is 1. The van der Waals surface area contributed by atoms with Crippen molar-refractivity contribution in [3.05, 3.63) is 57.3 Å². The number of H-pyrrole nitrogens is 1. The molecule has 4 nitrogen and oxygen atoms in total. The summed E-state index contributed by atoms with van der Waals surface area (Å²) in [7, 11) is 0. The van der Waals surface area contributed by atoms with Crippen LogP contribution in [0.4, 0.5) is 4.39 Å². The molecule has 3 rings (SSSR count). The summed E-state index contributed by atoms with van der Waals surface area (Å²) in [5, 5.41) is 0.570. The van der Waals surface area contributed by atoms with Gasteiger partial charge in [0.15, 0.2) is 5.16 Å². The summed E-state index contributed by atoms with van der Waals surface area (Å²) in [6.07, 6.45) is 1.88. The Morgan fingerprint density at radius 2 is 2.22 bits per heavy atom. The van der Waals surface area contributed by atoms with Gasteiger partial charge in [0.05, 0.1) is 11.3 Å². The van der Waals surface area contributed by atoms with E-state index >= 15 is 0 Å². The van der Waals surface area contributed by atoms with Crippen LogP contribution in [0, 0.1) is 5.82 Å². The quantitative estimate of drug-likeness (QED) is 0.675. The second-order valence-electron chi connectivity index (χ2n) is 5.70. The number of nitrogens with zero attached hydrogens (tertiary/aromatic N) is 2. The van der Waals surface area contributed by atoms with Gasteiger partial charge >= 0.3 is 0 Å². The van der Waals surface area contributed by atoms with Crippen LogP contribution in [-0.2, 0) is 18.7 Å². The van der Waals surface area contributed by atoms with Crippen molar-refractivity contribution in [3.8, 4) is 0 Å². The van der Waals surface area contributed by atoms with E-state index < -0.39 is 0 Å². The van der Waals surface area contributed by atoms with E-state index in [4.69, 9.17) is 0 Å². The van der Waals surface area contributed by atoms with Gasteiger partial charge in [-0.15, -0.1) is 0 Å². The van der Waals surface area contributed by atoms with E-state index in [0.29, 0.717) is 23.0 Å². The lowest BCUT2D eigenvalue weighted by molar-refractivity contribution is 0.250. The van der Waals surface area contributed by atoms with Crippen molar-refractivity contribution < 1.29 is 4.39 Å². The molecule has 0 saturated carbocycles. The van der Waals surface area contributed by atoms with Crippen LogP contribution < -0.4 is 5.56 Å². The maximum absolute atomic E-state index is 13.6. The number of hydrogen-bond acceptors (Lipinski definition) is 4. The standard InChI is InChI=1S/C17H20FN3OS/c1-2-8-21-9-7-15-13(10-21)16(22)20-17(19-15)23-11-12-5-3-4-6-14(12)18/h3-6H,2,7-11H2,1H3,(H,19,20,22). The smallest absolute Gasteiger partial charge is 0.256 e. The second-order valence-corrected chi connectivity index (χ2v) is 6.67. The Bertz CT molecular complexity index is 747. The number of aromatic nitrogens is 2. The summed E-state index contributed by atoms with van der Waals surface area (Å²) in [6.45, 7) is 4.75. The molecule has 1 aliphatic heterocycles. The maximum atomic E-state index is 13.6. The molecule has 0 amide bonds. The number of thioether (sulfide) groups is 1. The summed E-state index contributed by atoms with van der Waals surface area (Å²) < 4.78 is 13.6. The molecule has 0 saturated heterocycles. The Kier molecular flexibility index (Phi) is 5.13. The molecule has 2 heterocycles. The van der Waals surface area contributed by atoms with Gasteiger partial charge in [-0.3, -0.25) is 9.69 Å². The third-order valence-electron chi connectivity index (χ3n) is 3.99. The fourth-order valence-corrected chi connectivity index (χ4v) is 3.66. The van der Waals surface area contributed by atoms with Crippen molar-refractivity contribution in [1.82, 2.24) is 14.9 Å². The van der Waals surface area contributed by atoms with Crippen molar-refractivity contribution in [2.75, 3.05) is 13.1 Å². The molecule has 6 heteroatoms. The van der Waals surface area contributed by atoms with Gasteiger partial charge in [0.25, 0.3) is 5.56 Å². The predicted molar refractivity (Wildman–Crippen MR) is 90.1 cm³/mol. The minimum absolute atomic E-state index is 0.0631. The maximum Gasteiger partial charge on any atom is 0.256 e. The van der Waals surface area contributed by atoms with Crippen LogP contribution in [0.1, 0.15) is 30.2 Å². The molecule has 23 heavy (non-hydrogen) atoms. The Hall–Kier alpha value is -1.66. The summed E-state index contributed by atoms with van der Waals surface area (Å²) in [6, 6.07) is 6.68. The Morgan fingerprint density at radius 3 is 3.00 bits per heavy atom. The number of halogens is 1. The van der Waals surface area contributed by atoms with Gasteiger partial charge in [-0.25, -0.2) is 9.37 Å². The fourth-order valence-electron chi connectivity index (χ4n) is 2.80. The SMILES string of the molecule is CCCN1CCc2nc(SCc3ccccc3F)[nH]c(=O)c2C1. The number of rotatable bonds is 5. The van der Waals surface area contributed by atoms with Crippen molar-refractivity contribution in [2.45, 2.75) is 37.2 Å². The van der Waals surface area contributed by atoms with Crippen LogP contribution in [0.25, 0.3) is 0 Å². The van der Waals surface area contributed by atoms with Gasteiger partial charge in [-0.2, -0.15) is 0 Å². The van der Waals surface area contributed by atoms with Crippen LogP contribution in [0.2, 0.25) is 0 Å². The van der Waals surface area contributed by atoms with Crippen molar-refractivity contribution in [3.63, 3.8) is 0 Å². The first-order valence-corrected chi connectivity index (χ1v) is 8.86. The number of hydrogen-bond donors (Lipinski definition) is 1. The molecule has 122 valence electrons.